The lowest BCUT2D eigenvalue weighted by Gasteiger charge is -2.22. The Bertz CT molecular complexity index is 1030. The summed E-state index contributed by atoms with van der Waals surface area (Å²) >= 11 is 0. The molecule has 2 aliphatic heterocycles. The van der Waals surface area contributed by atoms with Crippen molar-refractivity contribution >= 4 is 17.9 Å². The number of aliphatic hydroxyl groups is 1. The predicted molar refractivity (Wildman–Crippen MR) is 116 cm³/mol. The number of carbonyl (C=O) groups excluding carboxylic acids is 3. The fourth-order valence-electron chi connectivity index (χ4n) is 4.14. The molecule has 6 atom stereocenters. The molecule has 218 valence electrons. The lowest BCUT2D eigenvalue weighted by Crippen LogP contribution is -2.45. The summed E-state index contributed by atoms with van der Waals surface area (Å²) in [4.78, 5) is 36.5. The second-order valence-corrected chi connectivity index (χ2v) is 9.62. The molecule has 1 aromatic carbocycles. The molecule has 0 bridgehead atoms. The normalized spacial score (nSPS) is 25.9. The van der Waals surface area contributed by atoms with Crippen molar-refractivity contribution in [3.05, 3.63) is 35.4 Å². The molecule has 1 aromatic rings. The van der Waals surface area contributed by atoms with Gasteiger partial charge in [0, 0.05) is 0 Å². The molecule has 0 spiro atoms. The smallest absolute Gasteiger partial charge is 0.434 e. The van der Waals surface area contributed by atoms with Crippen LogP contribution in [0.1, 0.15) is 43.1 Å². The quantitative estimate of drug-likeness (QED) is 0.270. The Morgan fingerprint density at radius 2 is 1.59 bits per heavy atom. The Labute approximate surface area is 218 Å². The Morgan fingerprint density at radius 1 is 1.00 bits per heavy atom. The van der Waals surface area contributed by atoms with Crippen LogP contribution in [-0.2, 0) is 39.9 Å². The summed E-state index contributed by atoms with van der Waals surface area (Å²) in [5.41, 5.74) is -0.289. The number of ether oxygens (including phenoxy) is 5. The Kier molecular flexibility index (Phi) is 9.17. The molecular weight excluding hydrogens is 546 g/mol. The van der Waals surface area contributed by atoms with Gasteiger partial charge < -0.3 is 28.8 Å². The van der Waals surface area contributed by atoms with Crippen molar-refractivity contribution < 1.29 is 69.5 Å². The van der Waals surface area contributed by atoms with Crippen LogP contribution in [0.5, 0.6) is 0 Å². The number of rotatable bonds is 9. The van der Waals surface area contributed by atoms with E-state index in [-0.39, 0.29) is 12.5 Å². The molecule has 2 fully saturated rings. The van der Waals surface area contributed by atoms with Crippen molar-refractivity contribution in [1.82, 2.24) is 0 Å². The summed E-state index contributed by atoms with van der Waals surface area (Å²) < 4.78 is 101. The van der Waals surface area contributed by atoms with Gasteiger partial charge in [0.25, 0.3) is 6.10 Å². The summed E-state index contributed by atoms with van der Waals surface area (Å²) in [5.74, 6) is -3.65. The van der Waals surface area contributed by atoms with E-state index in [2.05, 4.69) is 4.74 Å². The molecule has 15 heteroatoms. The number of hydrogen-bond donors (Lipinski definition) is 1. The number of halogens is 6. The number of benzene rings is 1. The maximum atomic E-state index is 12.6. The third kappa shape index (κ3) is 7.39. The van der Waals surface area contributed by atoms with Crippen LogP contribution in [0.3, 0.4) is 0 Å². The van der Waals surface area contributed by atoms with Crippen LogP contribution in [0.4, 0.5) is 26.3 Å². The standard InChI is InChI=1S/C24H26F6O9/c1-10(2)8-11(3)18(31)38-17-15-14(36-21(17)34)16(20(33)37-15)35-9-12-4-6-13(7-5-12)19(32)39-22(23(25,26)27)24(28,29)30/h4-7,10-11,14-17,20,22,33H,8-9H2,1-3H3. The van der Waals surface area contributed by atoms with Crippen LogP contribution in [0.25, 0.3) is 0 Å². The summed E-state index contributed by atoms with van der Waals surface area (Å²) in [7, 11) is 0. The number of esters is 3. The van der Waals surface area contributed by atoms with E-state index in [0.29, 0.717) is 12.0 Å². The minimum Gasteiger partial charge on any atom is -0.454 e. The first kappa shape index (κ1) is 30.6. The molecule has 6 unspecified atom stereocenters. The average molecular weight is 572 g/mol. The van der Waals surface area contributed by atoms with Gasteiger partial charge in [-0.15, -0.1) is 0 Å². The SMILES string of the molecule is CC(C)CC(C)C(=O)OC1C(=O)OC2C(OCc3ccc(C(=O)OC(C(F)(F)F)C(F)(F)F)cc3)C(O)OC12. The number of fused-ring (bicyclic) bond motifs is 1. The summed E-state index contributed by atoms with van der Waals surface area (Å²) in [6.07, 6.45) is -21.9. The van der Waals surface area contributed by atoms with Crippen LogP contribution in [0, 0.1) is 11.8 Å². The summed E-state index contributed by atoms with van der Waals surface area (Å²) in [5, 5.41) is 10.2. The number of hydrogen-bond acceptors (Lipinski definition) is 9. The topological polar surface area (TPSA) is 118 Å². The molecule has 9 nitrogen and oxygen atoms in total. The second-order valence-electron chi connectivity index (χ2n) is 9.62. The third-order valence-corrected chi connectivity index (χ3v) is 5.93. The molecule has 39 heavy (non-hydrogen) atoms. The first-order valence-corrected chi connectivity index (χ1v) is 11.8. The largest absolute Gasteiger partial charge is 0.454 e. The maximum absolute atomic E-state index is 12.6. The lowest BCUT2D eigenvalue weighted by molar-refractivity contribution is -0.307. The average Bonchev–Trinajstić information content (AvgIpc) is 3.27. The fraction of sp³-hybridized carbons (Fsp3) is 0.625. The van der Waals surface area contributed by atoms with E-state index in [1.807, 2.05) is 13.8 Å². The molecule has 0 aromatic heterocycles. The van der Waals surface area contributed by atoms with Crippen LogP contribution >= 0.6 is 0 Å². The number of alkyl halides is 6. The van der Waals surface area contributed by atoms with Gasteiger partial charge in [-0.3, -0.25) is 4.79 Å². The monoisotopic (exact) mass is 572 g/mol. The van der Waals surface area contributed by atoms with E-state index >= 15 is 0 Å². The highest BCUT2D eigenvalue weighted by atomic mass is 19.4. The first-order chi connectivity index (χ1) is 18.0. The summed E-state index contributed by atoms with van der Waals surface area (Å²) in [6.45, 7) is 5.19. The highest BCUT2D eigenvalue weighted by Gasteiger charge is 2.60. The van der Waals surface area contributed by atoms with Gasteiger partial charge in [-0.2, -0.15) is 26.3 Å². The molecule has 0 radical (unpaired) electrons. The van der Waals surface area contributed by atoms with Crippen molar-refractivity contribution in [2.75, 3.05) is 0 Å². The van der Waals surface area contributed by atoms with E-state index in [4.69, 9.17) is 18.9 Å². The zero-order valence-corrected chi connectivity index (χ0v) is 20.8. The zero-order chi connectivity index (χ0) is 29.3. The molecule has 1 N–H and O–H groups in total. The van der Waals surface area contributed by atoms with Gasteiger partial charge in [0.1, 0.15) is 12.2 Å². The molecular formula is C24H26F6O9. The second kappa shape index (κ2) is 11.7. The number of aliphatic hydroxyl groups excluding tert-OH is 1. The zero-order valence-electron chi connectivity index (χ0n) is 20.8. The van der Waals surface area contributed by atoms with Gasteiger partial charge in [0.05, 0.1) is 18.1 Å². The van der Waals surface area contributed by atoms with E-state index in [9.17, 15) is 45.8 Å². The molecule has 2 saturated heterocycles. The Hall–Kier alpha value is -2.91. The van der Waals surface area contributed by atoms with Gasteiger partial charge in [-0.1, -0.05) is 32.9 Å². The first-order valence-electron chi connectivity index (χ1n) is 11.8. The summed E-state index contributed by atoms with van der Waals surface area (Å²) in [6, 6.07) is 4.21. The Balaban J connectivity index is 1.59. The van der Waals surface area contributed by atoms with Crippen LogP contribution in [0.2, 0.25) is 0 Å². The van der Waals surface area contributed by atoms with Crippen molar-refractivity contribution in [3.8, 4) is 0 Å². The van der Waals surface area contributed by atoms with Gasteiger partial charge in [0.2, 0.25) is 6.10 Å². The van der Waals surface area contributed by atoms with Crippen LogP contribution in [-0.4, -0.2) is 72.2 Å². The van der Waals surface area contributed by atoms with E-state index < -0.39 is 78.6 Å². The minimum absolute atomic E-state index is 0.203. The van der Waals surface area contributed by atoms with Gasteiger partial charge in [-0.05, 0) is 30.0 Å². The van der Waals surface area contributed by atoms with Crippen LogP contribution in [0.15, 0.2) is 24.3 Å². The van der Waals surface area contributed by atoms with Crippen molar-refractivity contribution in [1.29, 1.82) is 0 Å². The van der Waals surface area contributed by atoms with Gasteiger partial charge in [-0.25, -0.2) is 9.59 Å². The maximum Gasteiger partial charge on any atom is 0.434 e. The third-order valence-electron chi connectivity index (χ3n) is 5.93. The van der Waals surface area contributed by atoms with E-state index in [0.717, 1.165) is 12.1 Å². The molecule has 2 heterocycles. The van der Waals surface area contributed by atoms with Gasteiger partial charge in [0.15, 0.2) is 12.4 Å². The Morgan fingerprint density at radius 3 is 2.13 bits per heavy atom. The van der Waals surface area contributed by atoms with E-state index in [1.165, 1.54) is 12.1 Å². The van der Waals surface area contributed by atoms with Gasteiger partial charge >= 0.3 is 30.3 Å². The predicted octanol–water partition coefficient (Wildman–Crippen LogP) is 3.46. The van der Waals surface area contributed by atoms with Crippen molar-refractivity contribution in [3.63, 3.8) is 0 Å². The van der Waals surface area contributed by atoms with Crippen molar-refractivity contribution in [2.45, 2.75) is 83.0 Å². The van der Waals surface area contributed by atoms with Crippen LogP contribution < -0.4 is 0 Å². The van der Waals surface area contributed by atoms with Crippen molar-refractivity contribution in [2.24, 2.45) is 11.8 Å². The minimum atomic E-state index is -5.85. The van der Waals surface area contributed by atoms with E-state index in [1.54, 1.807) is 6.92 Å². The highest BCUT2D eigenvalue weighted by Crippen LogP contribution is 2.37. The molecule has 0 amide bonds. The molecule has 0 aliphatic carbocycles. The fourth-order valence-corrected chi connectivity index (χ4v) is 4.14. The lowest BCUT2D eigenvalue weighted by atomic mass is 9.99. The molecule has 3 rings (SSSR count). The molecule has 2 aliphatic rings. The molecule has 0 saturated carbocycles. The highest BCUT2D eigenvalue weighted by molar-refractivity contribution is 5.89. The number of carbonyl (C=O) groups is 3.